The van der Waals surface area contributed by atoms with Gasteiger partial charge in [-0.15, -0.1) is 0 Å². The van der Waals surface area contributed by atoms with Crippen LogP contribution in [0.5, 0.6) is 0 Å². The lowest BCUT2D eigenvalue weighted by Crippen LogP contribution is -1.91. The molecule has 0 heterocycles. The Morgan fingerprint density at radius 1 is 1.38 bits per heavy atom. The van der Waals surface area contributed by atoms with Gasteiger partial charge in [0, 0.05) is 0 Å². The van der Waals surface area contributed by atoms with Gasteiger partial charge in [-0.2, -0.15) is 0 Å². The highest BCUT2D eigenvalue weighted by molar-refractivity contribution is 5.92. The van der Waals surface area contributed by atoms with Gasteiger partial charge in [0.2, 0.25) is 0 Å². The summed E-state index contributed by atoms with van der Waals surface area (Å²) in [5.41, 5.74) is 1.42. The highest BCUT2D eigenvalue weighted by atomic mass is 16.3. The van der Waals surface area contributed by atoms with Crippen molar-refractivity contribution in [1.82, 2.24) is 0 Å². The van der Waals surface area contributed by atoms with E-state index in [4.69, 9.17) is 5.11 Å². The maximum absolute atomic E-state index is 10.8. The van der Waals surface area contributed by atoms with Gasteiger partial charge in [-0.3, -0.25) is 4.79 Å². The zero-order valence-corrected chi connectivity index (χ0v) is 8.42. The third-order valence-corrected chi connectivity index (χ3v) is 1.84. The van der Waals surface area contributed by atoms with Crippen molar-refractivity contribution in [3.05, 3.63) is 35.6 Å². The number of carbonyl (C=O) groups excluding carboxylic acids is 1. The van der Waals surface area contributed by atoms with Crippen molar-refractivity contribution >= 4 is 5.78 Å². The molecule has 0 amide bonds. The topological polar surface area (TPSA) is 37.3 Å². The van der Waals surface area contributed by atoms with E-state index in [1.54, 1.807) is 19.1 Å². The Balaban J connectivity index is 4.64. The summed E-state index contributed by atoms with van der Waals surface area (Å²) in [4.78, 5) is 10.8. The second-order valence-corrected chi connectivity index (χ2v) is 2.90. The summed E-state index contributed by atoms with van der Waals surface area (Å²) in [6.07, 6.45) is 4.12. The fraction of sp³-hybridized carbons (Fsp3) is 0.364. The molecule has 72 valence electrons. The van der Waals surface area contributed by atoms with E-state index in [1.807, 2.05) is 6.92 Å². The van der Waals surface area contributed by atoms with Crippen LogP contribution in [0.4, 0.5) is 0 Å². The first-order chi connectivity index (χ1) is 5.99. The number of aliphatic hydroxyl groups is 1. The van der Waals surface area contributed by atoms with Crippen LogP contribution >= 0.6 is 0 Å². The lowest BCUT2D eigenvalue weighted by atomic mass is 10.1. The van der Waals surface area contributed by atoms with Crippen LogP contribution < -0.4 is 0 Å². The Bertz CT molecular complexity index is 270. The minimum absolute atomic E-state index is 0.0373. The van der Waals surface area contributed by atoms with Crippen molar-refractivity contribution in [3.8, 4) is 0 Å². The molecule has 0 unspecified atom stereocenters. The fourth-order valence-electron chi connectivity index (χ4n) is 0.761. The Hall–Kier alpha value is -1.31. The van der Waals surface area contributed by atoms with E-state index in [2.05, 4.69) is 6.58 Å². The average molecular weight is 180 g/mol. The van der Waals surface area contributed by atoms with E-state index in [-0.39, 0.29) is 11.5 Å². The van der Waals surface area contributed by atoms with Gasteiger partial charge in [-0.1, -0.05) is 25.7 Å². The van der Waals surface area contributed by atoms with Crippen molar-refractivity contribution in [1.29, 1.82) is 0 Å². The molecule has 0 saturated carbocycles. The summed E-state index contributed by atoms with van der Waals surface area (Å²) in [5.74, 6) is 0.102. The molecule has 0 aromatic carbocycles. The van der Waals surface area contributed by atoms with Crippen LogP contribution in [-0.2, 0) is 4.79 Å². The van der Waals surface area contributed by atoms with Crippen LogP contribution in [0.15, 0.2) is 35.6 Å². The first-order valence-corrected chi connectivity index (χ1v) is 4.25. The SMILES string of the molecule is C=C(O)/C(=C/C=C(\C)C(C)=O)CC. The van der Waals surface area contributed by atoms with E-state index in [1.165, 1.54) is 6.92 Å². The number of hydrogen-bond donors (Lipinski definition) is 1. The molecule has 0 spiro atoms. The first kappa shape index (κ1) is 11.7. The molecule has 0 rings (SSSR count). The number of rotatable bonds is 4. The van der Waals surface area contributed by atoms with Crippen molar-refractivity contribution in [3.63, 3.8) is 0 Å². The molecule has 13 heavy (non-hydrogen) atoms. The van der Waals surface area contributed by atoms with Gasteiger partial charge in [0.1, 0.15) is 5.76 Å². The van der Waals surface area contributed by atoms with Crippen molar-refractivity contribution in [2.75, 3.05) is 0 Å². The predicted molar refractivity (Wildman–Crippen MR) is 54.6 cm³/mol. The standard InChI is InChI=1S/C11H16O2/c1-5-11(10(4)13)7-6-8(2)9(3)12/h6-7,13H,4-5H2,1-3H3/b8-6+,11-7+. The maximum atomic E-state index is 10.8. The van der Waals surface area contributed by atoms with Gasteiger partial charge in [0.15, 0.2) is 5.78 Å². The van der Waals surface area contributed by atoms with Crippen LogP contribution in [0.2, 0.25) is 0 Å². The highest BCUT2D eigenvalue weighted by Gasteiger charge is 1.97. The summed E-state index contributed by atoms with van der Waals surface area (Å²) >= 11 is 0. The van der Waals surface area contributed by atoms with Gasteiger partial charge >= 0.3 is 0 Å². The van der Waals surface area contributed by atoms with Crippen molar-refractivity contribution in [2.45, 2.75) is 27.2 Å². The molecule has 0 aromatic heterocycles. The summed E-state index contributed by atoms with van der Waals surface area (Å²) in [5, 5.41) is 9.09. The minimum Gasteiger partial charge on any atom is -0.508 e. The Kier molecular flexibility index (Phi) is 4.82. The Morgan fingerprint density at radius 3 is 2.23 bits per heavy atom. The second-order valence-electron chi connectivity index (χ2n) is 2.90. The van der Waals surface area contributed by atoms with E-state index in [0.29, 0.717) is 12.0 Å². The van der Waals surface area contributed by atoms with Gasteiger partial charge in [-0.25, -0.2) is 0 Å². The summed E-state index contributed by atoms with van der Waals surface area (Å²) in [6, 6.07) is 0. The molecule has 0 fully saturated rings. The molecular weight excluding hydrogens is 164 g/mol. The van der Waals surface area contributed by atoms with E-state index >= 15 is 0 Å². The van der Waals surface area contributed by atoms with Gasteiger partial charge in [0.25, 0.3) is 0 Å². The molecule has 0 saturated heterocycles. The molecule has 2 nitrogen and oxygen atoms in total. The van der Waals surface area contributed by atoms with Gasteiger partial charge < -0.3 is 5.11 Å². The number of carbonyl (C=O) groups is 1. The molecule has 0 aliphatic heterocycles. The van der Waals surface area contributed by atoms with Crippen LogP contribution in [-0.4, -0.2) is 10.9 Å². The van der Waals surface area contributed by atoms with Crippen LogP contribution in [0.3, 0.4) is 0 Å². The molecule has 0 aliphatic carbocycles. The van der Waals surface area contributed by atoms with Crippen LogP contribution in [0.25, 0.3) is 0 Å². The van der Waals surface area contributed by atoms with Gasteiger partial charge in [0.05, 0.1) is 0 Å². The van der Waals surface area contributed by atoms with E-state index in [9.17, 15) is 4.79 Å². The fourth-order valence-corrected chi connectivity index (χ4v) is 0.761. The normalized spacial score (nSPS) is 12.8. The largest absolute Gasteiger partial charge is 0.508 e. The van der Waals surface area contributed by atoms with Crippen LogP contribution in [0, 0.1) is 0 Å². The maximum Gasteiger partial charge on any atom is 0.155 e. The molecule has 1 N–H and O–H groups in total. The number of ketones is 1. The summed E-state index contributed by atoms with van der Waals surface area (Å²) < 4.78 is 0. The molecule has 2 heteroatoms. The lowest BCUT2D eigenvalue weighted by molar-refractivity contribution is -0.113. The number of aliphatic hydroxyl groups excluding tert-OH is 1. The third-order valence-electron chi connectivity index (χ3n) is 1.84. The number of Topliss-reactive ketones (excluding diaryl/α,β-unsaturated/α-hetero) is 1. The first-order valence-electron chi connectivity index (χ1n) is 4.25. The summed E-state index contributed by atoms with van der Waals surface area (Å²) in [7, 11) is 0. The quantitative estimate of drug-likeness (QED) is 0.410. The second kappa shape index (κ2) is 5.36. The predicted octanol–water partition coefficient (Wildman–Crippen LogP) is 2.93. The summed E-state index contributed by atoms with van der Waals surface area (Å²) in [6.45, 7) is 8.60. The minimum atomic E-state index is 0.0373. The van der Waals surface area contributed by atoms with E-state index in [0.717, 1.165) is 5.57 Å². The Morgan fingerprint density at radius 2 is 1.92 bits per heavy atom. The molecular formula is C11H16O2. The highest BCUT2D eigenvalue weighted by Crippen LogP contribution is 2.09. The molecule has 0 aromatic rings. The lowest BCUT2D eigenvalue weighted by Gasteiger charge is -1.99. The average Bonchev–Trinajstić information content (AvgIpc) is 2.04. The molecule has 0 aliphatic rings. The number of allylic oxidation sites excluding steroid dienone is 4. The molecule has 0 atom stereocenters. The third kappa shape index (κ3) is 4.31. The molecule has 0 radical (unpaired) electrons. The monoisotopic (exact) mass is 180 g/mol. The zero-order chi connectivity index (χ0) is 10.4. The zero-order valence-electron chi connectivity index (χ0n) is 8.42. The van der Waals surface area contributed by atoms with Crippen LogP contribution in [0.1, 0.15) is 27.2 Å². The van der Waals surface area contributed by atoms with Crippen molar-refractivity contribution < 1.29 is 9.90 Å². The van der Waals surface area contributed by atoms with Crippen molar-refractivity contribution in [2.24, 2.45) is 0 Å². The number of hydrogen-bond acceptors (Lipinski definition) is 2. The smallest absolute Gasteiger partial charge is 0.155 e. The molecule has 0 bridgehead atoms. The Labute approximate surface area is 79.3 Å². The van der Waals surface area contributed by atoms with Gasteiger partial charge in [-0.05, 0) is 31.4 Å². The van der Waals surface area contributed by atoms with E-state index < -0.39 is 0 Å².